The number of carbonyl (C=O) groups excluding carboxylic acids is 1. The lowest BCUT2D eigenvalue weighted by Crippen LogP contribution is -2.04. The van der Waals surface area contributed by atoms with Gasteiger partial charge in [-0.3, -0.25) is 4.79 Å². The molecule has 15 heavy (non-hydrogen) atoms. The lowest BCUT2D eigenvalue weighted by atomic mass is 10.1. The van der Waals surface area contributed by atoms with Gasteiger partial charge in [0.2, 0.25) is 5.22 Å². The number of Topliss-reactive ketones (excluding diaryl/α,β-unsaturated/α-hetero) is 1. The van der Waals surface area contributed by atoms with Crippen molar-refractivity contribution in [3.8, 4) is 0 Å². The maximum absolute atomic E-state index is 11.7. The SMILES string of the molecule is Cn1ncc(CC(=O)c2ccoc2Cl)n1. The van der Waals surface area contributed by atoms with Crippen molar-refractivity contribution in [1.82, 2.24) is 15.0 Å². The van der Waals surface area contributed by atoms with Gasteiger partial charge in [-0.05, 0) is 17.7 Å². The van der Waals surface area contributed by atoms with E-state index in [9.17, 15) is 4.79 Å². The summed E-state index contributed by atoms with van der Waals surface area (Å²) in [7, 11) is 1.69. The summed E-state index contributed by atoms with van der Waals surface area (Å²) < 4.78 is 4.83. The van der Waals surface area contributed by atoms with Gasteiger partial charge in [0.15, 0.2) is 5.78 Å². The first-order chi connectivity index (χ1) is 7.16. The summed E-state index contributed by atoms with van der Waals surface area (Å²) in [6.45, 7) is 0. The van der Waals surface area contributed by atoms with Crippen LogP contribution < -0.4 is 0 Å². The number of hydrogen-bond acceptors (Lipinski definition) is 4. The van der Waals surface area contributed by atoms with E-state index in [2.05, 4.69) is 10.2 Å². The molecule has 0 aliphatic rings. The van der Waals surface area contributed by atoms with E-state index in [-0.39, 0.29) is 17.4 Å². The number of aromatic nitrogens is 3. The van der Waals surface area contributed by atoms with Crippen LogP contribution in [0.2, 0.25) is 5.22 Å². The van der Waals surface area contributed by atoms with Crippen LogP contribution in [0.25, 0.3) is 0 Å². The Hall–Kier alpha value is -1.62. The summed E-state index contributed by atoms with van der Waals surface area (Å²) in [5.74, 6) is -0.130. The highest BCUT2D eigenvalue weighted by molar-refractivity contribution is 6.32. The summed E-state index contributed by atoms with van der Waals surface area (Å²) in [4.78, 5) is 13.1. The molecule has 0 N–H and O–H groups in total. The van der Waals surface area contributed by atoms with Crippen LogP contribution in [0, 0.1) is 0 Å². The standard InChI is InChI=1S/C9H8ClN3O2/c1-13-11-5-6(12-13)4-8(14)7-2-3-15-9(7)10/h2-3,5H,4H2,1H3. The van der Waals surface area contributed by atoms with Crippen molar-refractivity contribution in [1.29, 1.82) is 0 Å². The van der Waals surface area contributed by atoms with E-state index >= 15 is 0 Å². The Balaban J connectivity index is 2.14. The number of ketones is 1. The second-order valence-corrected chi connectivity index (χ2v) is 3.38. The van der Waals surface area contributed by atoms with E-state index in [4.69, 9.17) is 16.0 Å². The fraction of sp³-hybridized carbons (Fsp3) is 0.222. The van der Waals surface area contributed by atoms with Crippen molar-refractivity contribution in [2.45, 2.75) is 6.42 Å². The molecule has 0 spiro atoms. The zero-order valence-electron chi connectivity index (χ0n) is 7.98. The zero-order chi connectivity index (χ0) is 10.8. The maximum atomic E-state index is 11.7. The van der Waals surface area contributed by atoms with Gasteiger partial charge in [-0.25, -0.2) is 0 Å². The molecule has 0 radical (unpaired) electrons. The van der Waals surface area contributed by atoms with Crippen molar-refractivity contribution in [2.75, 3.05) is 0 Å². The van der Waals surface area contributed by atoms with Crippen LogP contribution in [-0.4, -0.2) is 20.8 Å². The first-order valence-corrected chi connectivity index (χ1v) is 4.66. The van der Waals surface area contributed by atoms with Gasteiger partial charge in [0, 0.05) is 7.05 Å². The van der Waals surface area contributed by atoms with Crippen LogP contribution in [-0.2, 0) is 13.5 Å². The van der Waals surface area contributed by atoms with Gasteiger partial charge in [0.05, 0.1) is 30.1 Å². The molecule has 78 valence electrons. The minimum absolute atomic E-state index is 0.115. The van der Waals surface area contributed by atoms with Gasteiger partial charge in [-0.1, -0.05) is 0 Å². The normalized spacial score (nSPS) is 10.5. The van der Waals surface area contributed by atoms with Gasteiger partial charge >= 0.3 is 0 Å². The highest BCUT2D eigenvalue weighted by Gasteiger charge is 2.14. The third-order valence-corrected chi connectivity index (χ3v) is 2.20. The predicted octanol–water partition coefficient (Wildman–Crippen LogP) is 1.49. The fourth-order valence-electron chi connectivity index (χ4n) is 1.22. The number of carbonyl (C=O) groups is 1. The summed E-state index contributed by atoms with van der Waals surface area (Å²) in [6.07, 6.45) is 3.10. The Morgan fingerprint density at radius 3 is 3.00 bits per heavy atom. The molecule has 2 aromatic heterocycles. The third-order valence-electron chi connectivity index (χ3n) is 1.91. The number of furan rings is 1. The van der Waals surface area contributed by atoms with E-state index in [0.29, 0.717) is 11.3 Å². The Morgan fingerprint density at radius 1 is 1.67 bits per heavy atom. The number of nitrogens with zero attached hydrogens (tertiary/aromatic N) is 3. The minimum atomic E-state index is -0.130. The van der Waals surface area contributed by atoms with Crippen LogP contribution in [0.1, 0.15) is 16.1 Å². The molecule has 0 atom stereocenters. The average molecular weight is 226 g/mol. The molecule has 2 aromatic rings. The molecule has 0 aliphatic heterocycles. The van der Waals surface area contributed by atoms with Crippen LogP contribution in [0.3, 0.4) is 0 Å². The topological polar surface area (TPSA) is 60.9 Å². The van der Waals surface area contributed by atoms with Gasteiger partial charge < -0.3 is 4.42 Å². The highest BCUT2D eigenvalue weighted by Crippen LogP contribution is 2.18. The molecule has 5 nitrogen and oxygen atoms in total. The summed E-state index contributed by atoms with van der Waals surface area (Å²) in [6, 6.07) is 1.54. The molecule has 0 fully saturated rings. The molecule has 2 rings (SSSR count). The van der Waals surface area contributed by atoms with Crippen molar-refractivity contribution in [3.05, 3.63) is 35.0 Å². The number of aryl methyl sites for hydroxylation is 1. The Bertz CT molecular complexity index is 489. The molecule has 0 bridgehead atoms. The summed E-state index contributed by atoms with van der Waals surface area (Å²) in [5.41, 5.74) is 0.988. The number of halogens is 1. The lowest BCUT2D eigenvalue weighted by Gasteiger charge is -1.93. The second-order valence-electron chi connectivity index (χ2n) is 3.03. The fourth-order valence-corrected chi connectivity index (χ4v) is 1.44. The number of rotatable bonds is 3. The minimum Gasteiger partial charge on any atom is -0.452 e. The maximum Gasteiger partial charge on any atom is 0.203 e. The Labute approximate surface area is 90.6 Å². The first kappa shape index (κ1) is 9.92. The molecule has 0 unspecified atom stereocenters. The molecule has 0 aliphatic carbocycles. The first-order valence-electron chi connectivity index (χ1n) is 4.28. The molecular formula is C9H8ClN3O2. The van der Waals surface area contributed by atoms with Crippen LogP contribution in [0.15, 0.2) is 22.9 Å². The Kier molecular flexibility index (Phi) is 2.55. The Morgan fingerprint density at radius 2 is 2.47 bits per heavy atom. The molecule has 0 saturated carbocycles. The van der Waals surface area contributed by atoms with E-state index in [1.54, 1.807) is 19.3 Å². The molecule has 6 heteroatoms. The van der Waals surface area contributed by atoms with E-state index in [0.717, 1.165) is 0 Å². The van der Waals surface area contributed by atoms with Crippen LogP contribution >= 0.6 is 11.6 Å². The second kappa shape index (κ2) is 3.86. The van der Waals surface area contributed by atoms with Gasteiger partial charge in [-0.15, -0.1) is 0 Å². The van der Waals surface area contributed by atoms with Crippen molar-refractivity contribution in [3.63, 3.8) is 0 Å². The average Bonchev–Trinajstić information content (AvgIpc) is 2.75. The molecule has 0 amide bonds. The van der Waals surface area contributed by atoms with Crippen molar-refractivity contribution >= 4 is 17.4 Å². The largest absolute Gasteiger partial charge is 0.452 e. The van der Waals surface area contributed by atoms with E-state index in [1.807, 2.05) is 0 Å². The predicted molar refractivity (Wildman–Crippen MR) is 52.8 cm³/mol. The molecular weight excluding hydrogens is 218 g/mol. The quantitative estimate of drug-likeness (QED) is 0.743. The van der Waals surface area contributed by atoms with Crippen LogP contribution in [0.5, 0.6) is 0 Å². The van der Waals surface area contributed by atoms with Crippen LogP contribution in [0.4, 0.5) is 0 Å². The van der Waals surface area contributed by atoms with E-state index in [1.165, 1.54) is 11.1 Å². The summed E-state index contributed by atoms with van der Waals surface area (Å²) in [5, 5.41) is 7.99. The highest BCUT2D eigenvalue weighted by atomic mass is 35.5. The zero-order valence-corrected chi connectivity index (χ0v) is 8.73. The molecule has 0 saturated heterocycles. The smallest absolute Gasteiger partial charge is 0.203 e. The van der Waals surface area contributed by atoms with Gasteiger partial charge in [-0.2, -0.15) is 15.0 Å². The molecule has 0 aromatic carbocycles. The van der Waals surface area contributed by atoms with Crippen molar-refractivity contribution < 1.29 is 9.21 Å². The monoisotopic (exact) mass is 225 g/mol. The van der Waals surface area contributed by atoms with Gasteiger partial charge in [0.25, 0.3) is 0 Å². The molecule has 2 heterocycles. The van der Waals surface area contributed by atoms with Gasteiger partial charge in [0.1, 0.15) is 0 Å². The van der Waals surface area contributed by atoms with E-state index < -0.39 is 0 Å². The lowest BCUT2D eigenvalue weighted by molar-refractivity contribution is 0.0991. The third kappa shape index (κ3) is 2.07. The van der Waals surface area contributed by atoms with Crippen molar-refractivity contribution in [2.24, 2.45) is 7.05 Å². The summed E-state index contributed by atoms with van der Waals surface area (Å²) >= 11 is 5.68. The number of hydrogen-bond donors (Lipinski definition) is 0.